The molecule has 0 saturated heterocycles. The van der Waals surface area contributed by atoms with Crippen LogP contribution in [0.25, 0.3) is 66.1 Å². The summed E-state index contributed by atoms with van der Waals surface area (Å²) in [6, 6.07) is 48.7. The number of fused-ring (bicyclic) bond motifs is 6. The van der Waals surface area contributed by atoms with Crippen LogP contribution in [0.4, 0.5) is 0 Å². The van der Waals surface area contributed by atoms with Crippen LogP contribution >= 0.6 is 0 Å². The van der Waals surface area contributed by atoms with Gasteiger partial charge in [0.15, 0.2) is 0 Å². The van der Waals surface area contributed by atoms with Crippen LogP contribution in [0.2, 0.25) is 0 Å². The standard InChI is InChI=1S/C41H28O/c1-41(2)34-23-28(27-19-21-36-33(22-27)31-16-8-13-25-14-9-17-37(42-36)38(25)31)18-20-32(34)40-35(41)24-29-12-6-7-15-30(29)39(40)26-10-4-3-5-11-26/h3-24H,1-2H3. The number of ether oxygens (including phenoxy) is 1. The second-order valence-corrected chi connectivity index (χ2v) is 12.1. The maximum atomic E-state index is 6.38. The molecule has 0 saturated carbocycles. The number of rotatable bonds is 2. The van der Waals surface area contributed by atoms with Gasteiger partial charge in [0.05, 0.1) is 0 Å². The first-order valence-electron chi connectivity index (χ1n) is 14.7. The highest BCUT2D eigenvalue weighted by molar-refractivity contribution is 6.08. The molecule has 0 unspecified atom stereocenters. The Kier molecular flexibility index (Phi) is 4.73. The van der Waals surface area contributed by atoms with E-state index in [1.54, 1.807) is 0 Å². The number of benzene rings is 7. The summed E-state index contributed by atoms with van der Waals surface area (Å²) in [6.07, 6.45) is 0. The van der Waals surface area contributed by atoms with Crippen molar-refractivity contribution in [2.45, 2.75) is 19.3 Å². The molecule has 0 fully saturated rings. The Morgan fingerprint density at radius 2 is 1.19 bits per heavy atom. The fourth-order valence-electron chi connectivity index (χ4n) is 7.37. The molecule has 198 valence electrons. The third-order valence-electron chi connectivity index (χ3n) is 9.44. The summed E-state index contributed by atoms with van der Waals surface area (Å²) < 4.78 is 6.38. The highest BCUT2D eigenvalue weighted by Crippen LogP contribution is 2.55. The second-order valence-electron chi connectivity index (χ2n) is 12.1. The molecule has 1 aliphatic heterocycles. The molecule has 1 heterocycles. The van der Waals surface area contributed by atoms with Crippen LogP contribution in [0.5, 0.6) is 11.5 Å². The molecule has 9 rings (SSSR count). The second kappa shape index (κ2) is 8.44. The van der Waals surface area contributed by atoms with Gasteiger partial charge in [0.25, 0.3) is 0 Å². The molecule has 0 bridgehead atoms. The minimum atomic E-state index is -0.129. The lowest BCUT2D eigenvalue weighted by molar-refractivity contribution is 0.487. The van der Waals surface area contributed by atoms with E-state index >= 15 is 0 Å². The minimum absolute atomic E-state index is 0.129. The van der Waals surface area contributed by atoms with Gasteiger partial charge in [-0.3, -0.25) is 0 Å². The average molecular weight is 537 g/mol. The van der Waals surface area contributed by atoms with Crippen molar-refractivity contribution in [3.8, 4) is 56.0 Å². The molecule has 2 aliphatic rings. The summed E-state index contributed by atoms with van der Waals surface area (Å²) in [4.78, 5) is 0. The maximum Gasteiger partial charge on any atom is 0.135 e. The molecule has 7 aromatic carbocycles. The van der Waals surface area contributed by atoms with Crippen LogP contribution in [0.3, 0.4) is 0 Å². The first-order valence-corrected chi connectivity index (χ1v) is 14.7. The zero-order valence-corrected chi connectivity index (χ0v) is 23.6. The summed E-state index contributed by atoms with van der Waals surface area (Å²) in [5.41, 5.74) is 12.8. The third-order valence-corrected chi connectivity index (χ3v) is 9.44. The first kappa shape index (κ1) is 23.6. The van der Waals surface area contributed by atoms with Crippen LogP contribution in [-0.4, -0.2) is 0 Å². The summed E-state index contributed by atoms with van der Waals surface area (Å²) in [6.45, 7) is 4.76. The Hall–Kier alpha value is -5.14. The summed E-state index contributed by atoms with van der Waals surface area (Å²) in [5.74, 6) is 1.85. The quantitative estimate of drug-likeness (QED) is 0.213. The van der Waals surface area contributed by atoms with Crippen molar-refractivity contribution in [2.24, 2.45) is 0 Å². The predicted molar refractivity (Wildman–Crippen MR) is 175 cm³/mol. The number of hydrogen-bond acceptors (Lipinski definition) is 1. The van der Waals surface area contributed by atoms with Crippen LogP contribution in [0.1, 0.15) is 25.0 Å². The molecule has 1 aliphatic carbocycles. The first-order chi connectivity index (χ1) is 20.6. The highest BCUT2D eigenvalue weighted by Gasteiger charge is 2.38. The van der Waals surface area contributed by atoms with E-state index in [0.717, 1.165) is 17.1 Å². The van der Waals surface area contributed by atoms with Crippen molar-refractivity contribution in [3.63, 3.8) is 0 Å². The summed E-state index contributed by atoms with van der Waals surface area (Å²) in [7, 11) is 0. The molecule has 0 aromatic heterocycles. The molecule has 7 aromatic rings. The minimum Gasteiger partial charge on any atom is -0.456 e. The van der Waals surface area contributed by atoms with Gasteiger partial charge in [-0.25, -0.2) is 0 Å². The Morgan fingerprint density at radius 3 is 2.07 bits per heavy atom. The lowest BCUT2D eigenvalue weighted by Crippen LogP contribution is -2.15. The van der Waals surface area contributed by atoms with E-state index in [9.17, 15) is 0 Å². The Bertz CT molecular complexity index is 2230. The molecule has 1 nitrogen and oxygen atoms in total. The van der Waals surface area contributed by atoms with Crippen molar-refractivity contribution in [3.05, 3.63) is 145 Å². The fourth-order valence-corrected chi connectivity index (χ4v) is 7.37. The van der Waals surface area contributed by atoms with Gasteiger partial charge in [-0.05, 0) is 96.6 Å². The van der Waals surface area contributed by atoms with Gasteiger partial charge >= 0.3 is 0 Å². The lowest BCUT2D eigenvalue weighted by Gasteiger charge is -2.24. The zero-order valence-electron chi connectivity index (χ0n) is 23.6. The van der Waals surface area contributed by atoms with E-state index in [2.05, 4.69) is 147 Å². The molecule has 0 spiro atoms. The monoisotopic (exact) mass is 536 g/mol. The van der Waals surface area contributed by atoms with E-state index in [4.69, 9.17) is 4.74 Å². The van der Waals surface area contributed by atoms with Gasteiger partial charge in [0.1, 0.15) is 11.5 Å². The molecule has 42 heavy (non-hydrogen) atoms. The van der Waals surface area contributed by atoms with E-state index < -0.39 is 0 Å². The summed E-state index contributed by atoms with van der Waals surface area (Å²) >= 11 is 0. The van der Waals surface area contributed by atoms with Gasteiger partial charge in [-0.1, -0.05) is 117 Å². The van der Waals surface area contributed by atoms with Crippen LogP contribution in [-0.2, 0) is 5.41 Å². The third kappa shape index (κ3) is 3.19. The molecule has 0 atom stereocenters. The largest absolute Gasteiger partial charge is 0.456 e. The summed E-state index contributed by atoms with van der Waals surface area (Å²) in [5, 5.41) is 5.00. The Morgan fingerprint density at radius 1 is 0.452 bits per heavy atom. The van der Waals surface area contributed by atoms with Crippen molar-refractivity contribution in [1.82, 2.24) is 0 Å². The maximum absolute atomic E-state index is 6.38. The SMILES string of the molecule is CC1(C)c2cc(-c3ccc4c(c3)-c3cccc5cccc(c35)O4)ccc2-c2c1cc1ccccc1c2-c1ccccc1. The van der Waals surface area contributed by atoms with Gasteiger partial charge in [-0.15, -0.1) is 0 Å². The molecular weight excluding hydrogens is 508 g/mol. The molecule has 0 amide bonds. The van der Waals surface area contributed by atoms with Gasteiger partial charge in [0.2, 0.25) is 0 Å². The molecule has 0 radical (unpaired) electrons. The lowest BCUT2D eigenvalue weighted by atomic mass is 9.80. The highest BCUT2D eigenvalue weighted by atomic mass is 16.5. The van der Waals surface area contributed by atoms with Gasteiger partial charge in [-0.2, -0.15) is 0 Å². The Balaban J connectivity index is 1.24. The predicted octanol–water partition coefficient (Wildman–Crippen LogP) is 11.4. The van der Waals surface area contributed by atoms with E-state index in [1.165, 1.54) is 71.6 Å². The smallest absolute Gasteiger partial charge is 0.135 e. The topological polar surface area (TPSA) is 9.23 Å². The van der Waals surface area contributed by atoms with Gasteiger partial charge in [0, 0.05) is 16.4 Å². The average Bonchev–Trinajstić information content (AvgIpc) is 3.26. The normalized spacial score (nSPS) is 13.9. The number of hydrogen-bond donors (Lipinski definition) is 0. The fraction of sp³-hybridized carbons (Fsp3) is 0.0732. The van der Waals surface area contributed by atoms with E-state index in [-0.39, 0.29) is 5.41 Å². The molecule has 1 heteroatoms. The van der Waals surface area contributed by atoms with Crippen molar-refractivity contribution in [1.29, 1.82) is 0 Å². The molecular formula is C41H28O. The van der Waals surface area contributed by atoms with Crippen LogP contribution in [0, 0.1) is 0 Å². The zero-order chi connectivity index (χ0) is 28.0. The van der Waals surface area contributed by atoms with E-state index in [1.807, 2.05) is 0 Å². The van der Waals surface area contributed by atoms with Crippen LogP contribution in [0.15, 0.2) is 133 Å². The van der Waals surface area contributed by atoms with Crippen molar-refractivity contribution in [2.75, 3.05) is 0 Å². The van der Waals surface area contributed by atoms with E-state index in [0.29, 0.717) is 0 Å². The van der Waals surface area contributed by atoms with Crippen molar-refractivity contribution >= 4 is 21.5 Å². The Labute approximate surface area is 245 Å². The molecule has 0 N–H and O–H groups in total. The van der Waals surface area contributed by atoms with Gasteiger partial charge < -0.3 is 4.74 Å². The van der Waals surface area contributed by atoms with Crippen LogP contribution < -0.4 is 4.74 Å². The van der Waals surface area contributed by atoms with Crippen molar-refractivity contribution < 1.29 is 4.74 Å².